The lowest BCUT2D eigenvalue weighted by Gasteiger charge is -2.21. The number of hydrogen-bond donors (Lipinski definition) is 1. The first-order valence-corrected chi connectivity index (χ1v) is 5.93. The molecular formula is C15H14N2O. The van der Waals surface area contributed by atoms with Crippen LogP contribution in [0.4, 0.5) is 0 Å². The van der Waals surface area contributed by atoms with Gasteiger partial charge in [-0.1, -0.05) is 65.8 Å². The monoisotopic (exact) mass is 238 g/mol. The zero-order chi connectivity index (χ0) is 12.4. The quantitative estimate of drug-likeness (QED) is 0.874. The summed E-state index contributed by atoms with van der Waals surface area (Å²) in [5.74, 6) is 0. The second-order valence-electron chi connectivity index (χ2n) is 4.43. The van der Waals surface area contributed by atoms with E-state index >= 15 is 0 Å². The largest absolute Gasteiger partial charge is 0.368 e. The van der Waals surface area contributed by atoms with Gasteiger partial charge < -0.3 is 4.84 Å². The van der Waals surface area contributed by atoms with Crippen LogP contribution in [-0.4, -0.2) is 5.71 Å². The van der Waals surface area contributed by atoms with E-state index in [-0.39, 0.29) is 0 Å². The van der Waals surface area contributed by atoms with Crippen molar-refractivity contribution in [3.63, 3.8) is 0 Å². The fraction of sp³-hybridized carbons (Fsp3) is 0.133. The van der Waals surface area contributed by atoms with Crippen molar-refractivity contribution in [2.24, 2.45) is 10.9 Å². The van der Waals surface area contributed by atoms with Crippen LogP contribution >= 0.6 is 0 Å². The molecule has 0 bridgehead atoms. The number of oxime groups is 1. The molecule has 0 amide bonds. The summed E-state index contributed by atoms with van der Waals surface area (Å²) in [5.41, 5.74) is 8.32. The summed E-state index contributed by atoms with van der Waals surface area (Å²) >= 11 is 0. The predicted molar refractivity (Wildman–Crippen MR) is 71.0 cm³/mol. The van der Waals surface area contributed by atoms with Gasteiger partial charge in [0.25, 0.3) is 0 Å². The summed E-state index contributed by atoms with van der Waals surface area (Å²) in [6, 6.07) is 19.8. The highest BCUT2D eigenvalue weighted by Gasteiger charge is 2.37. The maximum Gasteiger partial charge on any atom is 0.217 e. The molecule has 0 saturated carbocycles. The average molecular weight is 238 g/mol. The van der Waals surface area contributed by atoms with Gasteiger partial charge in [0.1, 0.15) is 0 Å². The molecule has 0 saturated heterocycles. The Hall–Kier alpha value is -2.13. The summed E-state index contributed by atoms with van der Waals surface area (Å²) in [6.07, 6.45) is 0.584. The SMILES string of the molecule is NC1(c2ccccc2)CC(c2ccccc2)=NO1. The van der Waals surface area contributed by atoms with Crippen LogP contribution in [0, 0.1) is 0 Å². The molecule has 1 aliphatic rings. The average Bonchev–Trinajstić information content (AvgIpc) is 2.85. The van der Waals surface area contributed by atoms with Gasteiger partial charge >= 0.3 is 0 Å². The molecule has 1 aliphatic heterocycles. The Balaban J connectivity index is 1.86. The molecule has 2 aromatic carbocycles. The van der Waals surface area contributed by atoms with E-state index in [2.05, 4.69) is 5.16 Å². The first kappa shape index (κ1) is 11.0. The lowest BCUT2D eigenvalue weighted by atomic mass is 9.95. The Morgan fingerprint density at radius 3 is 2.22 bits per heavy atom. The smallest absolute Gasteiger partial charge is 0.217 e. The first-order chi connectivity index (χ1) is 8.78. The maximum absolute atomic E-state index is 6.27. The minimum atomic E-state index is -0.841. The van der Waals surface area contributed by atoms with Gasteiger partial charge in [-0.3, -0.25) is 5.73 Å². The highest BCUT2D eigenvalue weighted by Crippen LogP contribution is 2.31. The lowest BCUT2D eigenvalue weighted by molar-refractivity contribution is -0.0181. The molecule has 2 aromatic rings. The van der Waals surface area contributed by atoms with Crippen molar-refractivity contribution in [3.05, 3.63) is 71.8 Å². The molecule has 3 heteroatoms. The minimum absolute atomic E-state index is 0.584. The minimum Gasteiger partial charge on any atom is -0.368 e. The summed E-state index contributed by atoms with van der Waals surface area (Å²) in [7, 11) is 0. The summed E-state index contributed by atoms with van der Waals surface area (Å²) in [6.45, 7) is 0. The van der Waals surface area contributed by atoms with Crippen LogP contribution in [0.2, 0.25) is 0 Å². The highest BCUT2D eigenvalue weighted by atomic mass is 16.7. The van der Waals surface area contributed by atoms with Gasteiger partial charge in [-0.15, -0.1) is 0 Å². The van der Waals surface area contributed by atoms with E-state index in [9.17, 15) is 0 Å². The van der Waals surface area contributed by atoms with Crippen molar-refractivity contribution in [1.29, 1.82) is 0 Å². The molecule has 3 nitrogen and oxygen atoms in total. The first-order valence-electron chi connectivity index (χ1n) is 5.93. The van der Waals surface area contributed by atoms with Gasteiger partial charge in [-0.2, -0.15) is 0 Å². The van der Waals surface area contributed by atoms with Crippen LogP contribution in [0.25, 0.3) is 0 Å². The van der Waals surface area contributed by atoms with Crippen molar-refractivity contribution in [1.82, 2.24) is 0 Å². The molecule has 1 unspecified atom stereocenters. The Morgan fingerprint density at radius 2 is 1.56 bits per heavy atom. The zero-order valence-corrected chi connectivity index (χ0v) is 9.91. The molecule has 3 rings (SSSR count). The van der Waals surface area contributed by atoms with E-state index in [0.717, 1.165) is 16.8 Å². The molecule has 1 atom stereocenters. The van der Waals surface area contributed by atoms with Crippen LogP contribution in [0.15, 0.2) is 65.8 Å². The van der Waals surface area contributed by atoms with Crippen molar-refractivity contribution < 1.29 is 4.84 Å². The van der Waals surface area contributed by atoms with Crippen molar-refractivity contribution >= 4 is 5.71 Å². The van der Waals surface area contributed by atoms with Crippen LogP contribution in [-0.2, 0) is 10.6 Å². The summed E-state index contributed by atoms with van der Waals surface area (Å²) < 4.78 is 0. The number of benzene rings is 2. The van der Waals surface area contributed by atoms with Gasteiger partial charge in [0.15, 0.2) is 0 Å². The topological polar surface area (TPSA) is 47.6 Å². The predicted octanol–water partition coefficient (Wildman–Crippen LogP) is 2.62. The highest BCUT2D eigenvalue weighted by molar-refractivity contribution is 6.01. The van der Waals surface area contributed by atoms with Crippen LogP contribution in [0.3, 0.4) is 0 Å². The van der Waals surface area contributed by atoms with E-state index in [1.165, 1.54) is 0 Å². The fourth-order valence-electron chi connectivity index (χ4n) is 2.11. The molecule has 0 radical (unpaired) electrons. The zero-order valence-electron chi connectivity index (χ0n) is 9.91. The summed E-state index contributed by atoms with van der Waals surface area (Å²) in [4.78, 5) is 5.46. The molecule has 1 heterocycles. The fourth-order valence-corrected chi connectivity index (χ4v) is 2.11. The standard InChI is InChI=1S/C15H14N2O/c16-15(13-9-5-2-6-10-13)11-14(17-18-15)12-7-3-1-4-8-12/h1-10H,11,16H2. The third-order valence-electron chi connectivity index (χ3n) is 3.12. The van der Waals surface area contributed by atoms with Gasteiger partial charge in [0, 0.05) is 5.56 Å². The van der Waals surface area contributed by atoms with Crippen LogP contribution in [0.1, 0.15) is 17.5 Å². The van der Waals surface area contributed by atoms with E-state index in [0.29, 0.717) is 6.42 Å². The van der Waals surface area contributed by atoms with E-state index in [1.54, 1.807) is 0 Å². The molecule has 0 fully saturated rings. The van der Waals surface area contributed by atoms with Crippen LogP contribution in [0.5, 0.6) is 0 Å². The molecule has 2 N–H and O–H groups in total. The molecular weight excluding hydrogens is 224 g/mol. The molecule has 90 valence electrons. The second-order valence-corrected chi connectivity index (χ2v) is 4.43. The van der Waals surface area contributed by atoms with Crippen molar-refractivity contribution in [3.8, 4) is 0 Å². The summed E-state index contributed by atoms with van der Waals surface area (Å²) in [5, 5.41) is 4.13. The Kier molecular flexibility index (Phi) is 2.61. The third kappa shape index (κ3) is 1.89. The van der Waals surface area contributed by atoms with Gasteiger partial charge in [0.2, 0.25) is 5.72 Å². The number of nitrogens with two attached hydrogens (primary N) is 1. The third-order valence-corrected chi connectivity index (χ3v) is 3.12. The Labute approximate surface area is 106 Å². The van der Waals surface area contributed by atoms with Gasteiger partial charge in [-0.25, -0.2) is 0 Å². The number of nitrogens with zero attached hydrogens (tertiary/aromatic N) is 1. The Morgan fingerprint density at radius 1 is 0.944 bits per heavy atom. The van der Waals surface area contributed by atoms with E-state index in [4.69, 9.17) is 10.6 Å². The molecule has 0 spiro atoms. The van der Waals surface area contributed by atoms with Crippen LogP contribution < -0.4 is 5.73 Å². The molecule has 18 heavy (non-hydrogen) atoms. The Bertz CT molecular complexity index is 566. The van der Waals surface area contributed by atoms with Crippen molar-refractivity contribution in [2.75, 3.05) is 0 Å². The normalized spacial score (nSPS) is 22.4. The second kappa shape index (κ2) is 4.27. The maximum atomic E-state index is 6.27. The number of hydrogen-bond acceptors (Lipinski definition) is 3. The van der Waals surface area contributed by atoms with Crippen molar-refractivity contribution in [2.45, 2.75) is 12.1 Å². The van der Waals surface area contributed by atoms with Gasteiger partial charge in [-0.05, 0) is 5.56 Å². The molecule has 0 aromatic heterocycles. The number of rotatable bonds is 2. The van der Waals surface area contributed by atoms with E-state index in [1.807, 2.05) is 60.7 Å². The van der Waals surface area contributed by atoms with E-state index < -0.39 is 5.72 Å². The lowest BCUT2D eigenvalue weighted by Crippen LogP contribution is -2.36. The molecule has 0 aliphatic carbocycles. The van der Waals surface area contributed by atoms with Gasteiger partial charge in [0.05, 0.1) is 12.1 Å².